The topological polar surface area (TPSA) is 0 Å². The van der Waals surface area contributed by atoms with E-state index in [9.17, 15) is 0 Å². The average molecular weight is 278 g/mol. The lowest BCUT2D eigenvalue weighted by Gasteiger charge is -2.17. The summed E-state index contributed by atoms with van der Waals surface area (Å²) in [5, 5.41) is 0. The second-order valence-electron chi connectivity index (χ2n) is 4.09. The molecule has 0 amide bonds. The summed E-state index contributed by atoms with van der Waals surface area (Å²) in [5.41, 5.74) is 0.561. The summed E-state index contributed by atoms with van der Waals surface area (Å²) in [5.74, 6) is 0. The second-order valence-corrected chi connectivity index (χ2v) is 5.17. The zero-order valence-corrected chi connectivity index (χ0v) is 10.1. The molecule has 1 heteroatoms. The van der Waals surface area contributed by atoms with Crippen molar-refractivity contribution < 1.29 is 0 Å². The molecule has 1 aliphatic carbocycles. The first-order valence-corrected chi connectivity index (χ1v) is 6.53. The largest absolute Gasteiger partial charge is 0.0880 e. The third-order valence-corrected chi connectivity index (χ3v) is 3.53. The summed E-state index contributed by atoms with van der Waals surface area (Å²) in [4.78, 5) is 0. The van der Waals surface area contributed by atoms with Crippen molar-refractivity contribution in [3.05, 3.63) is 12.2 Å². The quantitative estimate of drug-likeness (QED) is 0.310. The molecule has 0 heterocycles. The predicted molar refractivity (Wildman–Crippen MR) is 63.8 cm³/mol. The van der Waals surface area contributed by atoms with E-state index in [1.807, 2.05) is 0 Å². The van der Waals surface area contributed by atoms with E-state index in [-0.39, 0.29) is 0 Å². The highest BCUT2D eigenvalue weighted by atomic mass is 127. The van der Waals surface area contributed by atoms with Crippen molar-refractivity contribution in [2.24, 2.45) is 5.41 Å². The van der Waals surface area contributed by atoms with Gasteiger partial charge < -0.3 is 0 Å². The van der Waals surface area contributed by atoms with Crippen LogP contribution in [0.3, 0.4) is 0 Å². The van der Waals surface area contributed by atoms with E-state index in [1.165, 1.54) is 43.0 Å². The molecule has 0 aliphatic heterocycles. The number of hydrogen-bond acceptors (Lipinski definition) is 0. The van der Waals surface area contributed by atoms with Crippen LogP contribution in [0.5, 0.6) is 0 Å². The molecule has 0 N–H and O–H groups in total. The molecule has 1 fully saturated rings. The molecule has 70 valence electrons. The third kappa shape index (κ3) is 3.46. The van der Waals surface area contributed by atoms with Crippen LogP contribution in [0.4, 0.5) is 0 Å². The molecule has 0 bridgehead atoms. The molecule has 0 spiro atoms. The standard InChI is InChI=1S/C11H19I/c1-11(8-4-5-9-11)7-3-2-6-10-12/h3,7H,2,4-6,8-10H2,1H3. The van der Waals surface area contributed by atoms with Gasteiger partial charge in [0, 0.05) is 0 Å². The molecule has 0 aromatic rings. The van der Waals surface area contributed by atoms with Crippen molar-refractivity contribution in [3.8, 4) is 0 Å². The second kappa shape index (κ2) is 5.25. The molecule has 0 atom stereocenters. The van der Waals surface area contributed by atoms with Gasteiger partial charge in [0.05, 0.1) is 0 Å². The van der Waals surface area contributed by atoms with Gasteiger partial charge in [0.15, 0.2) is 0 Å². The lowest BCUT2D eigenvalue weighted by Crippen LogP contribution is -2.05. The Morgan fingerprint density at radius 3 is 2.58 bits per heavy atom. The lowest BCUT2D eigenvalue weighted by molar-refractivity contribution is 0.445. The smallest absolute Gasteiger partial charge is 0.000178 e. The molecule has 0 aromatic heterocycles. The Kier molecular flexibility index (Phi) is 4.62. The van der Waals surface area contributed by atoms with E-state index < -0.39 is 0 Å². The van der Waals surface area contributed by atoms with Crippen molar-refractivity contribution in [3.63, 3.8) is 0 Å². The minimum absolute atomic E-state index is 0.561. The SMILES string of the molecule is CC1(C=CCCCI)CCCC1. The maximum absolute atomic E-state index is 2.46. The fraction of sp³-hybridized carbons (Fsp3) is 0.818. The van der Waals surface area contributed by atoms with Gasteiger partial charge in [-0.05, 0) is 35.5 Å². The first kappa shape index (κ1) is 10.6. The fourth-order valence-electron chi connectivity index (χ4n) is 1.91. The van der Waals surface area contributed by atoms with E-state index in [2.05, 4.69) is 41.7 Å². The summed E-state index contributed by atoms with van der Waals surface area (Å²) in [6, 6.07) is 0. The average Bonchev–Trinajstić information content (AvgIpc) is 2.47. The van der Waals surface area contributed by atoms with Crippen molar-refractivity contribution >= 4 is 22.6 Å². The van der Waals surface area contributed by atoms with Gasteiger partial charge in [0.25, 0.3) is 0 Å². The Bertz CT molecular complexity index is 143. The maximum Gasteiger partial charge on any atom is -0.000178 e. The van der Waals surface area contributed by atoms with Gasteiger partial charge >= 0.3 is 0 Å². The first-order valence-electron chi connectivity index (χ1n) is 5.00. The maximum atomic E-state index is 2.46. The Hall–Kier alpha value is 0.470. The monoisotopic (exact) mass is 278 g/mol. The molecule has 1 saturated carbocycles. The molecule has 1 rings (SSSR count). The molecule has 0 radical (unpaired) electrons. The lowest BCUT2D eigenvalue weighted by atomic mass is 9.88. The molecule has 0 saturated heterocycles. The number of alkyl halides is 1. The van der Waals surface area contributed by atoms with Crippen LogP contribution in [0.2, 0.25) is 0 Å². The third-order valence-electron chi connectivity index (χ3n) is 2.77. The molecule has 0 aromatic carbocycles. The Morgan fingerprint density at radius 2 is 2.00 bits per heavy atom. The van der Waals surface area contributed by atoms with Crippen molar-refractivity contribution in [1.29, 1.82) is 0 Å². The molecule has 0 nitrogen and oxygen atoms in total. The zero-order chi connectivity index (χ0) is 8.86. The van der Waals surface area contributed by atoms with Crippen molar-refractivity contribution in [2.75, 3.05) is 4.43 Å². The fourth-order valence-corrected chi connectivity index (χ4v) is 2.35. The number of rotatable bonds is 4. The highest BCUT2D eigenvalue weighted by Crippen LogP contribution is 2.38. The van der Waals surface area contributed by atoms with Gasteiger partial charge in [-0.2, -0.15) is 0 Å². The molecular formula is C11H19I. The van der Waals surface area contributed by atoms with Gasteiger partial charge in [-0.25, -0.2) is 0 Å². The zero-order valence-electron chi connectivity index (χ0n) is 7.98. The van der Waals surface area contributed by atoms with E-state index >= 15 is 0 Å². The number of unbranched alkanes of at least 4 members (excludes halogenated alkanes) is 1. The van der Waals surface area contributed by atoms with Crippen LogP contribution in [0, 0.1) is 5.41 Å². The summed E-state index contributed by atoms with van der Waals surface area (Å²) in [6.45, 7) is 2.40. The molecule has 1 aliphatic rings. The van der Waals surface area contributed by atoms with Gasteiger partial charge in [0.2, 0.25) is 0 Å². The molecule has 0 unspecified atom stereocenters. The predicted octanol–water partition coefficient (Wildman–Crippen LogP) is 4.34. The molecular weight excluding hydrogens is 259 g/mol. The minimum Gasteiger partial charge on any atom is -0.0880 e. The van der Waals surface area contributed by atoms with Crippen LogP contribution in [-0.2, 0) is 0 Å². The van der Waals surface area contributed by atoms with E-state index in [1.54, 1.807) is 0 Å². The van der Waals surface area contributed by atoms with E-state index in [0.29, 0.717) is 5.41 Å². The summed E-state index contributed by atoms with van der Waals surface area (Å²) < 4.78 is 1.29. The summed E-state index contributed by atoms with van der Waals surface area (Å²) in [6.07, 6.45) is 13.2. The van der Waals surface area contributed by atoms with E-state index in [4.69, 9.17) is 0 Å². The normalized spacial score (nSPS) is 22.2. The highest BCUT2D eigenvalue weighted by molar-refractivity contribution is 14.1. The minimum atomic E-state index is 0.561. The van der Waals surface area contributed by atoms with Crippen LogP contribution < -0.4 is 0 Å². The number of hydrogen-bond donors (Lipinski definition) is 0. The van der Waals surface area contributed by atoms with Crippen molar-refractivity contribution in [1.82, 2.24) is 0 Å². The Morgan fingerprint density at radius 1 is 1.33 bits per heavy atom. The van der Waals surface area contributed by atoms with Crippen LogP contribution >= 0.6 is 22.6 Å². The highest BCUT2D eigenvalue weighted by Gasteiger charge is 2.24. The number of halogens is 1. The number of allylic oxidation sites excluding steroid dienone is 2. The van der Waals surface area contributed by atoms with Crippen molar-refractivity contribution in [2.45, 2.75) is 45.4 Å². The van der Waals surface area contributed by atoms with Crippen LogP contribution in [-0.4, -0.2) is 4.43 Å². The Balaban J connectivity index is 2.23. The summed E-state index contributed by atoms with van der Waals surface area (Å²) in [7, 11) is 0. The van der Waals surface area contributed by atoms with Crippen LogP contribution in [0.15, 0.2) is 12.2 Å². The van der Waals surface area contributed by atoms with Gasteiger partial charge in [0.1, 0.15) is 0 Å². The summed E-state index contributed by atoms with van der Waals surface area (Å²) >= 11 is 2.45. The van der Waals surface area contributed by atoms with E-state index in [0.717, 1.165) is 0 Å². The van der Waals surface area contributed by atoms with Crippen LogP contribution in [0.1, 0.15) is 45.4 Å². The van der Waals surface area contributed by atoms with Crippen LogP contribution in [0.25, 0.3) is 0 Å². The van der Waals surface area contributed by atoms with Gasteiger partial charge in [-0.3, -0.25) is 0 Å². The molecule has 12 heavy (non-hydrogen) atoms. The van der Waals surface area contributed by atoms with Gasteiger partial charge in [-0.15, -0.1) is 0 Å². The Labute approximate surface area is 90.0 Å². The van der Waals surface area contributed by atoms with Gasteiger partial charge in [-0.1, -0.05) is 54.5 Å². The first-order chi connectivity index (χ1) is 5.77.